The van der Waals surface area contributed by atoms with Crippen LogP contribution in [0.1, 0.15) is 31.5 Å². The van der Waals surface area contributed by atoms with Gasteiger partial charge in [0.1, 0.15) is 11.7 Å². The molecule has 5 nitrogen and oxygen atoms in total. The molecule has 1 saturated heterocycles. The molecule has 6 heteroatoms. The summed E-state index contributed by atoms with van der Waals surface area (Å²) in [6, 6.07) is 5.10. The summed E-state index contributed by atoms with van der Waals surface area (Å²) in [7, 11) is 0. The number of aromatic amines is 1. The first kappa shape index (κ1) is 17.9. The average Bonchev–Trinajstić information content (AvgIpc) is 3.25. The molecule has 1 atom stereocenters. The fourth-order valence-electron chi connectivity index (χ4n) is 3.92. The van der Waals surface area contributed by atoms with Gasteiger partial charge in [0.25, 0.3) is 5.91 Å². The molecule has 1 aromatic heterocycles. The van der Waals surface area contributed by atoms with Gasteiger partial charge in [0, 0.05) is 40.0 Å². The standard InChI is InChI=1S/C21H22ClN3O2/c1-4-21(2,3)18-14(13-8-7-12(22)10-15(13)23-18)11-16-20(27)25-9-5-6-17(25)19(26)24-16/h4,6-8,10,16,23H,1,5,9,11H2,2-3H3,(H,24,26). The Hall–Kier alpha value is -2.53. The maximum absolute atomic E-state index is 12.9. The van der Waals surface area contributed by atoms with Crippen LogP contribution in [0.25, 0.3) is 10.9 Å². The van der Waals surface area contributed by atoms with Crippen LogP contribution in [0, 0.1) is 0 Å². The number of hydrogen-bond acceptors (Lipinski definition) is 2. The second kappa shape index (κ2) is 6.27. The van der Waals surface area contributed by atoms with Gasteiger partial charge < -0.3 is 15.2 Å². The Labute approximate surface area is 163 Å². The van der Waals surface area contributed by atoms with Crippen LogP contribution in [0.15, 0.2) is 42.6 Å². The predicted molar refractivity (Wildman–Crippen MR) is 107 cm³/mol. The van der Waals surface area contributed by atoms with Gasteiger partial charge in [-0.15, -0.1) is 6.58 Å². The largest absolute Gasteiger partial charge is 0.357 e. The molecule has 1 fully saturated rings. The van der Waals surface area contributed by atoms with Crippen molar-refractivity contribution >= 4 is 34.3 Å². The van der Waals surface area contributed by atoms with Crippen LogP contribution < -0.4 is 5.32 Å². The molecule has 2 N–H and O–H groups in total. The molecule has 0 aliphatic carbocycles. The van der Waals surface area contributed by atoms with Gasteiger partial charge in [-0.25, -0.2) is 0 Å². The molecule has 3 heterocycles. The van der Waals surface area contributed by atoms with Crippen molar-refractivity contribution < 1.29 is 9.59 Å². The van der Waals surface area contributed by atoms with E-state index in [4.69, 9.17) is 11.6 Å². The number of halogens is 1. The van der Waals surface area contributed by atoms with Crippen LogP contribution in [-0.4, -0.2) is 34.3 Å². The van der Waals surface area contributed by atoms with Crippen LogP contribution in [0.3, 0.4) is 0 Å². The Balaban J connectivity index is 1.78. The van der Waals surface area contributed by atoms with Gasteiger partial charge >= 0.3 is 0 Å². The first-order valence-corrected chi connectivity index (χ1v) is 9.46. The lowest BCUT2D eigenvalue weighted by atomic mass is 9.84. The van der Waals surface area contributed by atoms with Crippen LogP contribution >= 0.6 is 11.6 Å². The number of hydrogen-bond donors (Lipinski definition) is 2. The molecular weight excluding hydrogens is 362 g/mol. The van der Waals surface area contributed by atoms with E-state index < -0.39 is 6.04 Å². The fraction of sp³-hybridized carbons (Fsp3) is 0.333. The van der Waals surface area contributed by atoms with Crippen molar-refractivity contribution in [3.8, 4) is 0 Å². The molecule has 0 saturated carbocycles. The Kier molecular flexibility index (Phi) is 4.15. The third kappa shape index (κ3) is 2.86. The molecule has 2 amide bonds. The van der Waals surface area contributed by atoms with Crippen molar-refractivity contribution in [1.82, 2.24) is 15.2 Å². The number of aromatic nitrogens is 1. The van der Waals surface area contributed by atoms with Crippen molar-refractivity contribution in [3.63, 3.8) is 0 Å². The van der Waals surface area contributed by atoms with E-state index in [-0.39, 0.29) is 17.2 Å². The number of carbonyl (C=O) groups excluding carboxylic acids is 2. The number of fused-ring (bicyclic) bond motifs is 2. The van der Waals surface area contributed by atoms with E-state index in [1.54, 1.807) is 4.90 Å². The summed E-state index contributed by atoms with van der Waals surface area (Å²) < 4.78 is 0. The van der Waals surface area contributed by atoms with Crippen LogP contribution in [0.5, 0.6) is 0 Å². The summed E-state index contributed by atoms with van der Waals surface area (Å²) in [6.45, 7) is 8.67. The second-order valence-electron chi connectivity index (χ2n) is 7.69. The average molecular weight is 384 g/mol. The number of rotatable bonds is 4. The van der Waals surface area contributed by atoms with Crippen molar-refractivity contribution in [1.29, 1.82) is 0 Å². The lowest BCUT2D eigenvalue weighted by Gasteiger charge is -2.32. The first-order valence-electron chi connectivity index (χ1n) is 9.08. The molecule has 1 aromatic carbocycles. The van der Waals surface area contributed by atoms with Crippen molar-refractivity contribution in [2.75, 3.05) is 6.54 Å². The molecule has 2 aromatic rings. The topological polar surface area (TPSA) is 65.2 Å². The molecule has 4 rings (SSSR count). The summed E-state index contributed by atoms with van der Waals surface area (Å²) in [6.07, 6.45) is 4.85. The lowest BCUT2D eigenvalue weighted by Crippen LogP contribution is -2.56. The van der Waals surface area contributed by atoms with Gasteiger partial charge in [-0.05, 0) is 24.1 Å². The Morgan fingerprint density at radius 1 is 1.37 bits per heavy atom. The van der Waals surface area contributed by atoms with E-state index in [0.717, 1.165) is 28.6 Å². The molecule has 1 unspecified atom stereocenters. The number of piperazine rings is 1. The van der Waals surface area contributed by atoms with Crippen LogP contribution in [0.2, 0.25) is 5.02 Å². The van der Waals surface area contributed by atoms with E-state index in [1.165, 1.54) is 0 Å². The van der Waals surface area contributed by atoms with Gasteiger partial charge in [-0.3, -0.25) is 9.59 Å². The fourth-order valence-corrected chi connectivity index (χ4v) is 4.09. The van der Waals surface area contributed by atoms with Crippen LogP contribution in [-0.2, 0) is 21.4 Å². The summed E-state index contributed by atoms with van der Waals surface area (Å²) in [4.78, 5) is 30.4. The van der Waals surface area contributed by atoms with E-state index in [1.807, 2.05) is 30.4 Å². The summed E-state index contributed by atoms with van der Waals surface area (Å²) >= 11 is 6.16. The predicted octanol–water partition coefficient (Wildman–Crippen LogP) is 3.44. The molecule has 140 valence electrons. The highest BCUT2D eigenvalue weighted by atomic mass is 35.5. The van der Waals surface area contributed by atoms with E-state index >= 15 is 0 Å². The number of amides is 2. The highest BCUT2D eigenvalue weighted by Gasteiger charge is 2.39. The van der Waals surface area contributed by atoms with Gasteiger partial charge in [0.15, 0.2) is 0 Å². The maximum Gasteiger partial charge on any atom is 0.268 e. The van der Waals surface area contributed by atoms with E-state index in [0.29, 0.717) is 23.7 Å². The molecule has 0 spiro atoms. The second-order valence-corrected chi connectivity index (χ2v) is 8.13. The number of nitrogens with zero attached hydrogens (tertiary/aromatic N) is 1. The normalized spacial score (nSPS) is 19.9. The molecule has 0 radical (unpaired) electrons. The minimum absolute atomic E-state index is 0.0518. The Morgan fingerprint density at radius 3 is 2.89 bits per heavy atom. The third-order valence-electron chi connectivity index (χ3n) is 5.51. The zero-order valence-corrected chi connectivity index (χ0v) is 16.2. The van der Waals surface area contributed by atoms with Crippen LogP contribution in [0.4, 0.5) is 0 Å². The van der Waals surface area contributed by atoms with Gasteiger partial charge in [-0.1, -0.05) is 43.7 Å². The number of nitrogens with one attached hydrogen (secondary N) is 2. The molecule has 27 heavy (non-hydrogen) atoms. The maximum atomic E-state index is 12.9. The van der Waals surface area contributed by atoms with E-state index in [2.05, 4.69) is 30.7 Å². The monoisotopic (exact) mass is 383 g/mol. The zero-order chi connectivity index (χ0) is 19.3. The summed E-state index contributed by atoms with van der Waals surface area (Å²) in [5, 5.41) is 4.54. The SMILES string of the molecule is C=CC(C)(C)c1[nH]c2cc(Cl)ccc2c1CC1NC(=O)C2=CCCN2C1=O. The number of H-pyrrole nitrogens is 1. The van der Waals surface area contributed by atoms with Crippen molar-refractivity contribution in [2.24, 2.45) is 0 Å². The third-order valence-corrected chi connectivity index (χ3v) is 5.75. The van der Waals surface area contributed by atoms with Gasteiger partial charge in [0.2, 0.25) is 5.91 Å². The molecule has 2 aliphatic rings. The number of carbonyl (C=O) groups is 2. The molecule has 0 bridgehead atoms. The Bertz CT molecular complexity index is 1000. The lowest BCUT2D eigenvalue weighted by molar-refractivity contribution is -0.139. The highest BCUT2D eigenvalue weighted by Crippen LogP contribution is 2.35. The minimum atomic E-state index is -0.582. The van der Waals surface area contributed by atoms with Crippen molar-refractivity contribution in [3.05, 3.63) is 58.9 Å². The smallest absolute Gasteiger partial charge is 0.268 e. The first-order chi connectivity index (χ1) is 12.8. The number of benzene rings is 1. The minimum Gasteiger partial charge on any atom is -0.357 e. The molecule has 2 aliphatic heterocycles. The summed E-state index contributed by atoms with van der Waals surface area (Å²) in [5.41, 5.74) is 3.07. The summed E-state index contributed by atoms with van der Waals surface area (Å²) in [5.74, 6) is -0.228. The Morgan fingerprint density at radius 2 is 2.15 bits per heavy atom. The zero-order valence-electron chi connectivity index (χ0n) is 15.4. The highest BCUT2D eigenvalue weighted by molar-refractivity contribution is 6.31. The van der Waals surface area contributed by atoms with Gasteiger partial charge in [0.05, 0.1) is 0 Å². The molecular formula is C21H22ClN3O2. The van der Waals surface area contributed by atoms with Crippen molar-refractivity contribution in [2.45, 2.75) is 38.1 Å². The van der Waals surface area contributed by atoms with Gasteiger partial charge in [-0.2, -0.15) is 0 Å². The van der Waals surface area contributed by atoms with E-state index in [9.17, 15) is 9.59 Å². The number of allylic oxidation sites excluding steroid dienone is 1. The quantitative estimate of drug-likeness (QED) is 0.794.